The summed E-state index contributed by atoms with van der Waals surface area (Å²) in [6, 6.07) is 4.13. The number of hydrogen-bond donors (Lipinski definition) is 2. The topological polar surface area (TPSA) is 41.1 Å². The lowest BCUT2D eigenvalue weighted by atomic mass is 10.1. The van der Waals surface area contributed by atoms with Crippen LogP contribution in [-0.4, -0.2) is 19.0 Å². The summed E-state index contributed by atoms with van der Waals surface area (Å²) in [4.78, 5) is 11.3. The van der Waals surface area contributed by atoms with Crippen LogP contribution in [0.15, 0.2) is 18.2 Å². The van der Waals surface area contributed by atoms with Gasteiger partial charge in [-0.3, -0.25) is 10.1 Å². The highest BCUT2D eigenvalue weighted by Crippen LogP contribution is 2.20. The smallest absolute Gasteiger partial charge is 0.236 e. The number of likely N-dealkylation sites (N-methyl/N-ethyl adjacent to an activating group) is 1. The van der Waals surface area contributed by atoms with Crippen LogP contribution in [0.4, 0.5) is 4.39 Å². The van der Waals surface area contributed by atoms with Gasteiger partial charge in [0.25, 0.3) is 0 Å². The van der Waals surface area contributed by atoms with Gasteiger partial charge in [-0.1, -0.05) is 17.7 Å². The van der Waals surface area contributed by atoms with E-state index in [0.717, 1.165) is 5.56 Å². The van der Waals surface area contributed by atoms with Crippen molar-refractivity contribution in [2.24, 2.45) is 0 Å². The molecule has 1 aromatic rings. The molecule has 0 spiro atoms. The average Bonchev–Trinajstić information content (AvgIpc) is 2.31. The molecule has 17 heavy (non-hydrogen) atoms. The first kappa shape index (κ1) is 13.9. The molecular formula is C12H16ClFN2O. The van der Waals surface area contributed by atoms with Crippen LogP contribution in [0.5, 0.6) is 0 Å². The van der Waals surface area contributed by atoms with Gasteiger partial charge in [-0.2, -0.15) is 0 Å². The summed E-state index contributed by atoms with van der Waals surface area (Å²) in [6.45, 7) is 3.66. The van der Waals surface area contributed by atoms with E-state index in [2.05, 4.69) is 10.6 Å². The van der Waals surface area contributed by atoms with Crippen LogP contribution < -0.4 is 10.6 Å². The van der Waals surface area contributed by atoms with Crippen molar-refractivity contribution in [3.8, 4) is 0 Å². The fraction of sp³-hybridized carbons (Fsp3) is 0.417. The Morgan fingerprint density at radius 3 is 2.59 bits per heavy atom. The summed E-state index contributed by atoms with van der Waals surface area (Å²) >= 11 is 5.70. The molecule has 2 N–H and O–H groups in total. The molecule has 2 unspecified atom stereocenters. The molecule has 1 aromatic carbocycles. The highest BCUT2D eigenvalue weighted by Gasteiger charge is 2.15. The zero-order valence-electron chi connectivity index (χ0n) is 10.1. The summed E-state index contributed by atoms with van der Waals surface area (Å²) in [6.07, 6.45) is 0. The van der Waals surface area contributed by atoms with Crippen LogP contribution >= 0.6 is 11.6 Å². The van der Waals surface area contributed by atoms with E-state index in [1.54, 1.807) is 26.1 Å². The van der Waals surface area contributed by atoms with Gasteiger partial charge in [-0.15, -0.1) is 0 Å². The number of carbonyl (C=O) groups is 1. The molecule has 94 valence electrons. The number of nitrogens with one attached hydrogen (secondary N) is 2. The second-order valence-electron chi connectivity index (χ2n) is 3.90. The molecule has 0 radical (unpaired) electrons. The first-order valence-electron chi connectivity index (χ1n) is 5.38. The lowest BCUT2D eigenvalue weighted by Crippen LogP contribution is -2.41. The van der Waals surface area contributed by atoms with Gasteiger partial charge < -0.3 is 5.32 Å². The SMILES string of the molecule is CNC(=O)C(C)NC(C)c1ccc(F)c(Cl)c1. The molecule has 5 heteroatoms. The lowest BCUT2D eigenvalue weighted by Gasteiger charge is -2.19. The molecule has 0 saturated heterocycles. The van der Waals surface area contributed by atoms with E-state index >= 15 is 0 Å². The van der Waals surface area contributed by atoms with Crippen molar-refractivity contribution in [3.05, 3.63) is 34.6 Å². The first-order chi connectivity index (χ1) is 7.95. The Morgan fingerprint density at radius 1 is 1.41 bits per heavy atom. The Bertz CT molecular complexity index is 411. The van der Waals surface area contributed by atoms with Crippen molar-refractivity contribution in [2.75, 3.05) is 7.05 Å². The summed E-state index contributed by atoms with van der Waals surface area (Å²) in [7, 11) is 1.58. The van der Waals surface area contributed by atoms with E-state index in [1.807, 2.05) is 6.92 Å². The summed E-state index contributed by atoms with van der Waals surface area (Å²) in [5, 5.41) is 5.74. The predicted octanol–water partition coefficient (Wildman–Crippen LogP) is 2.26. The van der Waals surface area contributed by atoms with Crippen LogP contribution in [-0.2, 0) is 4.79 Å². The summed E-state index contributed by atoms with van der Waals surface area (Å²) < 4.78 is 13.0. The number of benzene rings is 1. The van der Waals surface area contributed by atoms with E-state index in [4.69, 9.17) is 11.6 Å². The third-order valence-corrected chi connectivity index (χ3v) is 2.87. The van der Waals surface area contributed by atoms with Crippen molar-refractivity contribution in [2.45, 2.75) is 25.9 Å². The fourth-order valence-corrected chi connectivity index (χ4v) is 1.73. The molecule has 3 nitrogen and oxygen atoms in total. The largest absolute Gasteiger partial charge is 0.358 e. The Hall–Kier alpha value is -1.13. The normalized spacial score (nSPS) is 14.2. The van der Waals surface area contributed by atoms with Gasteiger partial charge >= 0.3 is 0 Å². The Labute approximate surface area is 105 Å². The monoisotopic (exact) mass is 258 g/mol. The van der Waals surface area contributed by atoms with Crippen molar-refractivity contribution in [1.82, 2.24) is 10.6 Å². The molecule has 1 amide bonds. The van der Waals surface area contributed by atoms with Crippen LogP contribution in [0.1, 0.15) is 25.5 Å². The number of rotatable bonds is 4. The van der Waals surface area contributed by atoms with E-state index in [-0.39, 0.29) is 23.0 Å². The van der Waals surface area contributed by atoms with E-state index in [0.29, 0.717) is 0 Å². The fourth-order valence-electron chi connectivity index (χ4n) is 1.55. The van der Waals surface area contributed by atoms with Gasteiger partial charge in [0.05, 0.1) is 11.1 Å². The van der Waals surface area contributed by atoms with Gasteiger partial charge in [0.2, 0.25) is 5.91 Å². The van der Waals surface area contributed by atoms with E-state index in [9.17, 15) is 9.18 Å². The molecule has 0 bridgehead atoms. The third-order valence-electron chi connectivity index (χ3n) is 2.58. The first-order valence-corrected chi connectivity index (χ1v) is 5.76. The number of carbonyl (C=O) groups excluding carboxylic acids is 1. The molecule has 0 aromatic heterocycles. The molecule has 0 heterocycles. The van der Waals surface area contributed by atoms with Crippen molar-refractivity contribution in [3.63, 3.8) is 0 Å². The zero-order valence-corrected chi connectivity index (χ0v) is 10.8. The Balaban J connectivity index is 2.72. The Kier molecular flexibility index (Phi) is 4.90. The molecule has 0 aliphatic carbocycles. The zero-order chi connectivity index (χ0) is 13.0. The third kappa shape index (κ3) is 3.68. The van der Waals surface area contributed by atoms with Gasteiger partial charge in [0.1, 0.15) is 5.82 Å². The van der Waals surface area contributed by atoms with Crippen molar-refractivity contribution in [1.29, 1.82) is 0 Å². The van der Waals surface area contributed by atoms with Crippen LogP contribution in [0.3, 0.4) is 0 Å². The highest BCUT2D eigenvalue weighted by molar-refractivity contribution is 6.30. The standard InChI is InChI=1S/C12H16ClFN2O/c1-7(16-8(2)12(17)15-3)9-4-5-11(14)10(13)6-9/h4-8,16H,1-3H3,(H,15,17). The maximum Gasteiger partial charge on any atom is 0.236 e. The van der Waals surface area contributed by atoms with Crippen LogP contribution in [0.25, 0.3) is 0 Å². The minimum Gasteiger partial charge on any atom is -0.358 e. The minimum atomic E-state index is -0.443. The van der Waals surface area contributed by atoms with Crippen molar-refractivity contribution >= 4 is 17.5 Å². The van der Waals surface area contributed by atoms with Gasteiger partial charge in [0.15, 0.2) is 0 Å². The maximum atomic E-state index is 13.0. The van der Waals surface area contributed by atoms with E-state index in [1.165, 1.54) is 6.07 Å². The van der Waals surface area contributed by atoms with Gasteiger partial charge in [-0.05, 0) is 31.5 Å². The van der Waals surface area contributed by atoms with Crippen LogP contribution in [0, 0.1) is 5.82 Å². The van der Waals surface area contributed by atoms with E-state index < -0.39 is 5.82 Å². The number of halogens is 2. The summed E-state index contributed by atoms with van der Waals surface area (Å²) in [5.41, 5.74) is 0.840. The second kappa shape index (κ2) is 5.98. The second-order valence-corrected chi connectivity index (χ2v) is 4.31. The maximum absolute atomic E-state index is 13.0. The number of hydrogen-bond acceptors (Lipinski definition) is 2. The molecule has 0 fully saturated rings. The molecule has 0 aliphatic heterocycles. The summed E-state index contributed by atoms with van der Waals surface area (Å²) in [5.74, 6) is -0.535. The quantitative estimate of drug-likeness (QED) is 0.870. The molecule has 0 aliphatic rings. The molecule has 2 atom stereocenters. The molecule has 0 saturated carbocycles. The van der Waals surface area contributed by atoms with Gasteiger partial charge in [0, 0.05) is 13.1 Å². The van der Waals surface area contributed by atoms with Gasteiger partial charge in [-0.25, -0.2) is 4.39 Å². The minimum absolute atomic E-state index is 0.0830. The van der Waals surface area contributed by atoms with Crippen LogP contribution in [0.2, 0.25) is 5.02 Å². The predicted molar refractivity (Wildman–Crippen MR) is 66.5 cm³/mol. The number of amides is 1. The highest BCUT2D eigenvalue weighted by atomic mass is 35.5. The molecule has 1 rings (SSSR count). The lowest BCUT2D eigenvalue weighted by molar-refractivity contribution is -0.122. The Morgan fingerprint density at radius 2 is 2.06 bits per heavy atom. The molecular weight excluding hydrogens is 243 g/mol. The van der Waals surface area contributed by atoms with Crippen molar-refractivity contribution < 1.29 is 9.18 Å². The average molecular weight is 259 g/mol.